The van der Waals surface area contributed by atoms with Crippen molar-refractivity contribution in [1.82, 2.24) is 4.90 Å². The van der Waals surface area contributed by atoms with Crippen LogP contribution in [0.5, 0.6) is 0 Å². The van der Waals surface area contributed by atoms with Crippen LogP contribution in [0.1, 0.15) is 56.2 Å². The van der Waals surface area contributed by atoms with Crippen LogP contribution in [0.25, 0.3) is 10.4 Å². The van der Waals surface area contributed by atoms with Crippen molar-refractivity contribution in [2.24, 2.45) is 0 Å². The van der Waals surface area contributed by atoms with Gasteiger partial charge in [-0.15, -0.1) is 22.7 Å². The van der Waals surface area contributed by atoms with E-state index in [0.29, 0.717) is 35.4 Å². The van der Waals surface area contributed by atoms with Crippen LogP contribution < -0.4 is 0 Å². The highest BCUT2D eigenvalue weighted by Gasteiger charge is 2.45. The summed E-state index contributed by atoms with van der Waals surface area (Å²) in [5, 5.41) is 13.6. The van der Waals surface area contributed by atoms with Gasteiger partial charge in [-0.25, -0.2) is 9.59 Å². The molecule has 0 saturated heterocycles. The summed E-state index contributed by atoms with van der Waals surface area (Å²) in [5.41, 5.74) is -1.38. The molecule has 192 valence electrons. The minimum atomic E-state index is -1.87. The van der Waals surface area contributed by atoms with Gasteiger partial charge in [-0.3, -0.25) is 0 Å². The monoisotopic (exact) mass is 527 g/mol. The van der Waals surface area contributed by atoms with Crippen LogP contribution in [0.15, 0.2) is 60.0 Å². The van der Waals surface area contributed by atoms with Crippen LogP contribution in [-0.2, 0) is 19.9 Å². The third-order valence-electron chi connectivity index (χ3n) is 6.34. The van der Waals surface area contributed by atoms with Crippen molar-refractivity contribution in [2.45, 2.75) is 69.8 Å². The summed E-state index contributed by atoms with van der Waals surface area (Å²) in [6, 6.07) is 17.2. The number of nitrogens with zero attached hydrogens (tertiary/aromatic N) is 1. The van der Waals surface area contributed by atoms with E-state index in [9.17, 15) is 14.7 Å². The predicted octanol–water partition coefficient (Wildman–Crippen LogP) is 6.43. The second kappa shape index (κ2) is 10.7. The number of hydrogen-bond acceptors (Lipinski definition) is 7. The second-order valence-electron chi connectivity index (χ2n) is 10.1. The maximum absolute atomic E-state index is 13.5. The third-order valence-corrected chi connectivity index (χ3v) is 8.56. The molecule has 0 bridgehead atoms. The van der Waals surface area contributed by atoms with Gasteiger partial charge in [-0.2, -0.15) is 0 Å². The van der Waals surface area contributed by atoms with Crippen molar-refractivity contribution in [3.05, 3.63) is 69.7 Å². The molecule has 1 aliphatic rings. The van der Waals surface area contributed by atoms with Gasteiger partial charge in [0.05, 0.1) is 9.75 Å². The molecule has 6 nitrogen and oxygen atoms in total. The number of hydrogen-bond donors (Lipinski definition) is 1. The van der Waals surface area contributed by atoms with Gasteiger partial charge >= 0.3 is 12.1 Å². The Morgan fingerprint density at radius 1 is 0.944 bits per heavy atom. The number of ether oxygens (including phenoxy) is 2. The molecular formula is C28H33NO5S2. The van der Waals surface area contributed by atoms with E-state index in [0.717, 1.165) is 10.4 Å². The van der Waals surface area contributed by atoms with E-state index in [1.807, 2.05) is 68.6 Å². The molecule has 2 heterocycles. The Morgan fingerprint density at radius 3 is 2.25 bits per heavy atom. The van der Waals surface area contributed by atoms with Crippen molar-refractivity contribution >= 4 is 34.7 Å². The lowest BCUT2D eigenvalue weighted by molar-refractivity contribution is -0.169. The maximum atomic E-state index is 13.5. The lowest BCUT2D eigenvalue weighted by atomic mass is 9.91. The van der Waals surface area contributed by atoms with E-state index in [2.05, 4.69) is 0 Å². The molecule has 1 fully saturated rings. The zero-order valence-electron chi connectivity index (χ0n) is 21.1. The van der Waals surface area contributed by atoms with E-state index < -0.39 is 17.2 Å². The Bertz CT molecular complexity index is 1160. The third kappa shape index (κ3) is 5.82. The van der Waals surface area contributed by atoms with Gasteiger partial charge < -0.3 is 19.5 Å². The molecule has 2 aromatic heterocycles. The summed E-state index contributed by atoms with van der Waals surface area (Å²) in [6.07, 6.45) is 1.96. The molecule has 1 atom stereocenters. The molecule has 4 rings (SSSR count). The summed E-state index contributed by atoms with van der Waals surface area (Å²) in [5.74, 6) is -0.657. The SMILES string of the molecule is CN(C(=O)OC(C)(C)C)[C@H]1CC[C@H](OC(=O)C(O)(c2cccs2)c2ccc(-c3ccccc3)s2)CC1. The van der Waals surface area contributed by atoms with Crippen molar-refractivity contribution in [2.75, 3.05) is 7.05 Å². The molecule has 3 aromatic rings. The molecule has 1 saturated carbocycles. The first-order valence-electron chi connectivity index (χ1n) is 12.2. The summed E-state index contributed by atoms with van der Waals surface area (Å²) < 4.78 is 11.4. The highest BCUT2D eigenvalue weighted by atomic mass is 32.1. The van der Waals surface area contributed by atoms with Gasteiger partial charge in [-0.05, 0) is 75.6 Å². The highest BCUT2D eigenvalue weighted by Crippen LogP contribution is 2.41. The number of carbonyl (C=O) groups excluding carboxylic acids is 2. The van der Waals surface area contributed by atoms with Crippen LogP contribution in [-0.4, -0.2) is 46.9 Å². The van der Waals surface area contributed by atoms with E-state index in [4.69, 9.17) is 9.47 Å². The van der Waals surface area contributed by atoms with E-state index in [1.165, 1.54) is 22.7 Å². The molecular weight excluding hydrogens is 494 g/mol. The van der Waals surface area contributed by atoms with Crippen LogP contribution >= 0.6 is 22.7 Å². The van der Waals surface area contributed by atoms with E-state index in [-0.39, 0.29) is 18.2 Å². The fourth-order valence-corrected chi connectivity index (χ4v) is 6.36. The minimum Gasteiger partial charge on any atom is -0.460 e. The number of rotatable bonds is 6. The summed E-state index contributed by atoms with van der Waals surface area (Å²) in [4.78, 5) is 29.6. The van der Waals surface area contributed by atoms with E-state index >= 15 is 0 Å². The molecule has 0 aliphatic heterocycles. The van der Waals surface area contributed by atoms with Crippen LogP contribution in [0, 0.1) is 0 Å². The quantitative estimate of drug-likeness (QED) is 0.374. The standard InChI is InChI=1S/C28H33NO5S2/c1-27(2,3)34-26(31)29(4)20-12-14-21(15-13-20)33-25(30)28(32,23-11-8-18-35-23)24-17-16-22(36-24)19-9-6-5-7-10-19/h5-11,16-18,20-21,32H,12-15H2,1-4H3/t20-,21-,28?. The molecule has 36 heavy (non-hydrogen) atoms. The number of carbonyl (C=O) groups is 2. The van der Waals surface area contributed by atoms with Crippen molar-refractivity contribution in [1.29, 1.82) is 0 Å². The first-order chi connectivity index (χ1) is 17.1. The van der Waals surface area contributed by atoms with Crippen LogP contribution in [0.3, 0.4) is 0 Å². The first-order valence-corrected chi connectivity index (χ1v) is 13.9. The van der Waals surface area contributed by atoms with Crippen LogP contribution in [0.2, 0.25) is 0 Å². The number of benzene rings is 1. The normalized spacial score (nSPS) is 19.8. The molecule has 1 aromatic carbocycles. The summed E-state index contributed by atoms with van der Waals surface area (Å²) in [7, 11) is 1.75. The molecule has 0 radical (unpaired) electrons. The molecule has 1 amide bonds. The van der Waals surface area contributed by atoms with Gasteiger partial charge in [0.25, 0.3) is 0 Å². The second-order valence-corrected chi connectivity index (χ2v) is 12.2. The molecule has 1 aliphatic carbocycles. The Morgan fingerprint density at radius 2 is 1.64 bits per heavy atom. The number of amides is 1. The average Bonchev–Trinajstić information content (AvgIpc) is 3.56. The van der Waals surface area contributed by atoms with Gasteiger partial charge in [0.2, 0.25) is 5.60 Å². The first kappa shape index (κ1) is 26.4. The van der Waals surface area contributed by atoms with E-state index in [1.54, 1.807) is 24.1 Å². The van der Waals surface area contributed by atoms with Crippen molar-refractivity contribution in [3.8, 4) is 10.4 Å². The molecule has 1 unspecified atom stereocenters. The van der Waals surface area contributed by atoms with Crippen molar-refractivity contribution in [3.63, 3.8) is 0 Å². The van der Waals surface area contributed by atoms with Gasteiger partial charge in [0, 0.05) is 18.0 Å². The molecule has 0 spiro atoms. The topological polar surface area (TPSA) is 76.1 Å². The lowest BCUT2D eigenvalue weighted by Crippen LogP contribution is -2.44. The van der Waals surface area contributed by atoms with Gasteiger partial charge in [0.1, 0.15) is 11.7 Å². The number of esters is 1. The molecule has 1 N–H and O–H groups in total. The fourth-order valence-electron chi connectivity index (χ4n) is 4.37. The maximum Gasteiger partial charge on any atom is 0.410 e. The Balaban J connectivity index is 1.45. The highest BCUT2D eigenvalue weighted by molar-refractivity contribution is 7.16. The van der Waals surface area contributed by atoms with Gasteiger partial charge in [0.15, 0.2) is 0 Å². The zero-order valence-corrected chi connectivity index (χ0v) is 22.7. The summed E-state index contributed by atoms with van der Waals surface area (Å²) >= 11 is 2.72. The Hall–Kier alpha value is -2.68. The van der Waals surface area contributed by atoms with Gasteiger partial charge in [-0.1, -0.05) is 36.4 Å². The smallest absolute Gasteiger partial charge is 0.410 e. The predicted molar refractivity (Wildman–Crippen MR) is 143 cm³/mol. The van der Waals surface area contributed by atoms with Crippen LogP contribution in [0.4, 0.5) is 4.79 Å². The van der Waals surface area contributed by atoms with Crippen molar-refractivity contribution < 1.29 is 24.2 Å². The fraction of sp³-hybridized carbons (Fsp3) is 0.429. The Kier molecular flexibility index (Phi) is 7.87. The average molecular weight is 528 g/mol. The number of thiophene rings is 2. The molecule has 8 heteroatoms. The summed E-state index contributed by atoms with van der Waals surface area (Å²) in [6.45, 7) is 5.54. The zero-order chi connectivity index (χ0) is 25.9. The lowest BCUT2D eigenvalue weighted by Gasteiger charge is -2.36. The largest absolute Gasteiger partial charge is 0.460 e. The number of aliphatic hydroxyl groups is 1. The Labute approximate surface area is 220 Å². The minimum absolute atomic E-state index is 0.0247.